The van der Waals surface area contributed by atoms with Crippen LogP contribution in [0.5, 0.6) is 0 Å². The average Bonchev–Trinajstić information content (AvgIpc) is 2.43. The molecule has 1 aliphatic rings. The van der Waals surface area contributed by atoms with E-state index in [-0.39, 0.29) is 12.1 Å². The Morgan fingerprint density at radius 1 is 1.67 bits per heavy atom. The van der Waals surface area contributed by atoms with Gasteiger partial charge in [0, 0.05) is 13.2 Å². The number of ether oxygens (including phenoxy) is 1. The number of rotatable bonds is 4. The van der Waals surface area contributed by atoms with E-state index in [1.54, 1.807) is 0 Å². The van der Waals surface area contributed by atoms with Gasteiger partial charge in [0.1, 0.15) is 6.29 Å². The summed E-state index contributed by atoms with van der Waals surface area (Å²) >= 11 is 0. The van der Waals surface area contributed by atoms with Crippen LogP contribution in [0.25, 0.3) is 0 Å². The van der Waals surface area contributed by atoms with Gasteiger partial charge in [-0.2, -0.15) is 0 Å². The van der Waals surface area contributed by atoms with Crippen LogP contribution < -0.4 is 0 Å². The van der Waals surface area contributed by atoms with Crippen LogP contribution in [0, 0.1) is 0 Å². The Morgan fingerprint density at radius 3 is 2.92 bits per heavy atom. The summed E-state index contributed by atoms with van der Waals surface area (Å²) in [6.07, 6.45) is 3.19. The zero-order valence-electron chi connectivity index (χ0n) is 7.82. The molecule has 0 saturated carbocycles. The molecule has 2 atom stereocenters. The summed E-state index contributed by atoms with van der Waals surface area (Å²) in [6.45, 7) is 3.80. The summed E-state index contributed by atoms with van der Waals surface area (Å²) < 4.78 is 5.55. The molecule has 0 aromatic rings. The molecule has 3 nitrogen and oxygen atoms in total. The number of carbonyl (C=O) groups is 1. The number of hydrogen-bond donors (Lipinski definition) is 0. The topological polar surface area (TPSA) is 29.5 Å². The minimum absolute atomic E-state index is 0.0758. The van der Waals surface area contributed by atoms with Crippen LogP contribution in [-0.2, 0) is 9.53 Å². The van der Waals surface area contributed by atoms with Crippen LogP contribution in [0.4, 0.5) is 0 Å². The lowest BCUT2D eigenvalue weighted by Gasteiger charge is -2.11. The molecule has 12 heavy (non-hydrogen) atoms. The highest BCUT2D eigenvalue weighted by molar-refractivity contribution is 5.58. The number of aldehydes is 1. The van der Waals surface area contributed by atoms with Crippen LogP contribution in [0.3, 0.4) is 0 Å². The monoisotopic (exact) mass is 171 g/mol. The van der Waals surface area contributed by atoms with Gasteiger partial charge in [-0.15, -0.1) is 0 Å². The normalized spacial score (nSPS) is 30.8. The zero-order chi connectivity index (χ0) is 8.97. The van der Waals surface area contributed by atoms with Gasteiger partial charge in [-0.05, 0) is 19.9 Å². The second-order valence-electron chi connectivity index (χ2n) is 3.37. The van der Waals surface area contributed by atoms with Crippen molar-refractivity contribution in [3.63, 3.8) is 0 Å². The molecule has 0 spiro atoms. The Kier molecular flexibility index (Phi) is 3.69. The fourth-order valence-electron chi connectivity index (χ4n) is 1.55. The van der Waals surface area contributed by atoms with Crippen molar-refractivity contribution in [1.82, 2.24) is 4.90 Å². The summed E-state index contributed by atoms with van der Waals surface area (Å²) in [7, 11) is 1.97. The van der Waals surface area contributed by atoms with Crippen molar-refractivity contribution in [2.45, 2.75) is 31.9 Å². The molecule has 0 unspecified atom stereocenters. The molecule has 1 heterocycles. The van der Waals surface area contributed by atoms with E-state index in [9.17, 15) is 4.79 Å². The largest absolute Gasteiger partial charge is 0.377 e. The standard InChI is InChI=1S/C9H17NO2/c1-3-4-12-9-5-8(7-11)10(2)6-9/h7-9H,3-6H2,1-2H3/t8-,9+/m1/s1. The maximum Gasteiger partial charge on any atom is 0.137 e. The first kappa shape index (κ1) is 9.68. The van der Waals surface area contributed by atoms with Crippen LogP contribution in [0.15, 0.2) is 0 Å². The fourth-order valence-corrected chi connectivity index (χ4v) is 1.55. The Morgan fingerprint density at radius 2 is 2.42 bits per heavy atom. The number of hydrogen-bond acceptors (Lipinski definition) is 3. The molecule has 0 aromatic heterocycles. The molecule has 1 rings (SSSR count). The highest BCUT2D eigenvalue weighted by Gasteiger charge is 2.29. The average molecular weight is 171 g/mol. The summed E-state index contributed by atoms with van der Waals surface area (Å²) in [5.41, 5.74) is 0. The van der Waals surface area contributed by atoms with Gasteiger partial charge in [0.25, 0.3) is 0 Å². The smallest absolute Gasteiger partial charge is 0.137 e. The van der Waals surface area contributed by atoms with E-state index in [0.717, 1.165) is 32.3 Å². The first-order valence-corrected chi connectivity index (χ1v) is 4.55. The molecule has 1 aliphatic heterocycles. The lowest BCUT2D eigenvalue weighted by Crippen LogP contribution is -2.26. The second kappa shape index (κ2) is 4.58. The molecule has 0 N–H and O–H groups in total. The quantitative estimate of drug-likeness (QED) is 0.583. The predicted molar refractivity (Wildman–Crippen MR) is 47.1 cm³/mol. The number of likely N-dealkylation sites (N-methyl/N-ethyl adjacent to an activating group) is 1. The third-order valence-electron chi connectivity index (χ3n) is 2.28. The third kappa shape index (κ3) is 2.29. The lowest BCUT2D eigenvalue weighted by molar-refractivity contribution is -0.111. The van der Waals surface area contributed by atoms with E-state index in [4.69, 9.17) is 4.74 Å². The Bertz CT molecular complexity index is 149. The highest BCUT2D eigenvalue weighted by atomic mass is 16.5. The molecule has 0 amide bonds. The van der Waals surface area contributed by atoms with E-state index in [0.29, 0.717) is 0 Å². The molecular formula is C9H17NO2. The van der Waals surface area contributed by atoms with Gasteiger partial charge in [0.15, 0.2) is 0 Å². The minimum atomic E-state index is 0.0758. The van der Waals surface area contributed by atoms with Crippen molar-refractivity contribution >= 4 is 6.29 Å². The number of carbonyl (C=O) groups excluding carboxylic acids is 1. The van der Waals surface area contributed by atoms with Gasteiger partial charge >= 0.3 is 0 Å². The van der Waals surface area contributed by atoms with Crippen LogP contribution in [0.2, 0.25) is 0 Å². The zero-order valence-corrected chi connectivity index (χ0v) is 7.82. The van der Waals surface area contributed by atoms with Gasteiger partial charge < -0.3 is 9.53 Å². The summed E-state index contributed by atoms with van der Waals surface area (Å²) in [5.74, 6) is 0. The van der Waals surface area contributed by atoms with E-state index < -0.39 is 0 Å². The molecule has 0 radical (unpaired) electrons. The van der Waals surface area contributed by atoms with Gasteiger partial charge in [-0.3, -0.25) is 4.90 Å². The van der Waals surface area contributed by atoms with Crippen molar-refractivity contribution < 1.29 is 9.53 Å². The van der Waals surface area contributed by atoms with Crippen LogP contribution in [-0.4, -0.2) is 43.5 Å². The summed E-state index contributed by atoms with van der Waals surface area (Å²) in [4.78, 5) is 12.6. The van der Waals surface area contributed by atoms with Crippen molar-refractivity contribution in [3.05, 3.63) is 0 Å². The molecule has 1 fully saturated rings. The first-order valence-electron chi connectivity index (χ1n) is 4.55. The molecule has 0 aliphatic carbocycles. The van der Waals surface area contributed by atoms with Gasteiger partial charge in [-0.1, -0.05) is 6.92 Å². The third-order valence-corrected chi connectivity index (χ3v) is 2.28. The van der Waals surface area contributed by atoms with E-state index in [1.165, 1.54) is 0 Å². The summed E-state index contributed by atoms with van der Waals surface area (Å²) in [5, 5.41) is 0. The van der Waals surface area contributed by atoms with Crippen molar-refractivity contribution in [1.29, 1.82) is 0 Å². The number of nitrogens with zero attached hydrogens (tertiary/aromatic N) is 1. The van der Waals surface area contributed by atoms with Crippen molar-refractivity contribution in [2.75, 3.05) is 20.2 Å². The lowest BCUT2D eigenvalue weighted by atomic mass is 10.2. The maximum atomic E-state index is 10.5. The first-order chi connectivity index (χ1) is 5.77. The van der Waals surface area contributed by atoms with E-state index in [1.807, 2.05) is 11.9 Å². The Labute approximate surface area is 73.7 Å². The predicted octanol–water partition coefficient (Wildman–Crippen LogP) is 0.685. The van der Waals surface area contributed by atoms with Crippen LogP contribution >= 0.6 is 0 Å². The number of likely N-dealkylation sites (tertiary alicyclic amines) is 1. The maximum absolute atomic E-state index is 10.5. The minimum Gasteiger partial charge on any atom is -0.377 e. The second-order valence-corrected chi connectivity index (χ2v) is 3.37. The molecule has 3 heteroatoms. The van der Waals surface area contributed by atoms with E-state index in [2.05, 4.69) is 6.92 Å². The van der Waals surface area contributed by atoms with Crippen LogP contribution in [0.1, 0.15) is 19.8 Å². The molecule has 1 saturated heterocycles. The van der Waals surface area contributed by atoms with Crippen molar-refractivity contribution in [3.8, 4) is 0 Å². The van der Waals surface area contributed by atoms with Gasteiger partial charge in [0.2, 0.25) is 0 Å². The van der Waals surface area contributed by atoms with Gasteiger partial charge in [0.05, 0.1) is 12.1 Å². The SMILES string of the molecule is CCCO[C@H]1C[C@H](C=O)N(C)C1. The Hall–Kier alpha value is -0.410. The molecule has 0 aromatic carbocycles. The molecular weight excluding hydrogens is 154 g/mol. The van der Waals surface area contributed by atoms with Gasteiger partial charge in [-0.25, -0.2) is 0 Å². The summed E-state index contributed by atoms with van der Waals surface area (Å²) in [6, 6.07) is 0.0758. The van der Waals surface area contributed by atoms with E-state index >= 15 is 0 Å². The Balaban J connectivity index is 2.27. The van der Waals surface area contributed by atoms with Crippen molar-refractivity contribution in [2.24, 2.45) is 0 Å². The molecule has 70 valence electrons. The highest BCUT2D eigenvalue weighted by Crippen LogP contribution is 2.16. The molecule has 0 bridgehead atoms. The fraction of sp³-hybridized carbons (Fsp3) is 0.889.